The number of anilines is 3. The molecule has 0 bridgehead atoms. The molecule has 8 heteroatoms. The van der Waals surface area contributed by atoms with Crippen molar-refractivity contribution in [2.45, 2.75) is 18.4 Å². The molecule has 0 atom stereocenters. The summed E-state index contributed by atoms with van der Waals surface area (Å²) in [5.74, 6) is -0.628. The Bertz CT molecular complexity index is 1120. The minimum Gasteiger partial charge on any atom is -0.462 e. The van der Waals surface area contributed by atoms with Gasteiger partial charge in [0.1, 0.15) is 4.90 Å². The Balaban J connectivity index is 2.10. The smallest absolute Gasteiger partial charge is 0.338 e. The van der Waals surface area contributed by atoms with Crippen LogP contribution in [0.1, 0.15) is 22.8 Å². The number of esters is 1. The van der Waals surface area contributed by atoms with E-state index in [9.17, 15) is 13.2 Å². The van der Waals surface area contributed by atoms with E-state index in [4.69, 9.17) is 9.88 Å². The zero-order chi connectivity index (χ0) is 21.6. The predicted molar refractivity (Wildman–Crippen MR) is 117 cm³/mol. The van der Waals surface area contributed by atoms with Crippen molar-refractivity contribution in [2.75, 3.05) is 17.2 Å². The van der Waals surface area contributed by atoms with Crippen LogP contribution in [0.15, 0.2) is 77.7 Å². The van der Waals surface area contributed by atoms with Crippen LogP contribution in [0, 0.1) is 0 Å². The van der Waals surface area contributed by atoms with Gasteiger partial charge in [-0.15, -0.1) is 0 Å². The van der Waals surface area contributed by atoms with E-state index in [0.717, 1.165) is 5.56 Å². The Morgan fingerprint density at radius 3 is 2.23 bits per heavy atom. The van der Waals surface area contributed by atoms with E-state index in [1.165, 1.54) is 6.07 Å². The highest BCUT2D eigenvalue weighted by Crippen LogP contribution is 2.34. The molecule has 3 rings (SSSR count). The average molecular weight is 426 g/mol. The molecule has 3 aromatic carbocycles. The van der Waals surface area contributed by atoms with Crippen LogP contribution in [-0.4, -0.2) is 21.0 Å². The zero-order valence-corrected chi connectivity index (χ0v) is 17.3. The van der Waals surface area contributed by atoms with Gasteiger partial charge in [-0.2, -0.15) is 0 Å². The number of benzene rings is 3. The molecule has 0 amide bonds. The van der Waals surface area contributed by atoms with Crippen LogP contribution in [-0.2, 0) is 21.3 Å². The van der Waals surface area contributed by atoms with Crippen LogP contribution >= 0.6 is 0 Å². The number of primary sulfonamides is 1. The van der Waals surface area contributed by atoms with Crippen molar-refractivity contribution in [1.82, 2.24) is 0 Å². The van der Waals surface area contributed by atoms with Crippen LogP contribution in [0.3, 0.4) is 0 Å². The molecule has 0 aliphatic heterocycles. The molecule has 0 aliphatic rings. The van der Waals surface area contributed by atoms with Gasteiger partial charge in [-0.1, -0.05) is 48.5 Å². The lowest BCUT2D eigenvalue weighted by Crippen LogP contribution is -2.17. The molecule has 0 heterocycles. The normalized spacial score (nSPS) is 11.0. The van der Waals surface area contributed by atoms with Crippen molar-refractivity contribution in [1.29, 1.82) is 0 Å². The highest BCUT2D eigenvalue weighted by atomic mass is 32.2. The Morgan fingerprint density at radius 2 is 1.63 bits per heavy atom. The molecule has 0 saturated carbocycles. The lowest BCUT2D eigenvalue weighted by Gasteiger charge is -2.19. The van der Waals surface area contributed by atoms with Gasteiger partial charge in [0, 0.05) is 12.2 Å². The van der Waals surface area contributed by atoms with Crippen molar-refractivity contribution < 1.29 is 17.9 Å². The molecule has 0 aliphatic carbocycles. The number of carbonyl (C=O) groups is 1. The van der Waals surface area contributed by atoms with Crippen molar-refractivity contribution >= 4 is 33.1 Å². The second-order valence-electron chi connectivity index (χ2n) is 6.49. The molecule has 156 valence electrons. The molecule has 4 N–H and O–H groups in total. The average Bonchev–Trinajstić information content (AvgIpc) is 2.73. The molecule has 0 aromatic heterocycles. The third-order valence-electron chi connectivity index (χ3n) is 4.29. The van der Waals surface area contributed by atoms with Gasteiger partial charge in [0.2, 0.25) is 10.0 Å². The fourth-order valence-electron chi connectivity index (χ4n) is 2.90. The van der Waals surface area contributed by atoms with E-state index >= 15 is 0 Å². The first-order chi connectivity index (χ1) is 14.4. The maximum Gasteiger partial charge on any atom is 0.338 e. The summed E-state index contributed by atoms with van der Waals surface area (Å²) in [6.07, 6.45) is 0. The van der Waals surface area contributed by atoms with Gasteiger partial charge in [-0.05, 0) is 36.8 Å². The Hall–Kier alpha value is -3.36. The molecule has 7 nitrogen and oxygen atoms in total. The van der Waals surface area contributed by atoms with E-state index < -0.39 is 16.0 Å². The van der Waals surface area contributed by atoms with Gasteiger partial charge in [0.15, 0.2) is 0 Å². The first-order valence-electron chi connectivity index (χ1n) is 9.36. The van der Waals surface area contributed by atoms with Crippen molar-refractivity contribution in [3.05, 3.63) is 83.9 Å². The number of ether oxygens (including phenoxy) is 1. The third-order valence-corrected chi connectivity index (χ3v) is 5.22. The fourth-order valence-corrected chi connectivity index (χ4v) is 3.64. The van der Waals surface area contributed by atoms with Gasteiger partial charge >= 0.3 is 5.97 Å². The molecule has 3 aromatic rings. The second-order valence-corrected chi connectivity index (χ2v) is 8.02. The quantitative estimate of drug-likeness (QED) is 0.473. The molecule has 0 spiro atoms. The number of carbonyl (C=O) groups excluding carboxylic acids is 1. The van der Waals surface area contributed by atoms with E-state index in [1.54, 1.807) is 25.1 Å². The maximum absolute atomic E-state index is 12.4. The standard InChI is InChI=1S/C22H23N3O4S/c1-2-29-22(26)17-13-19(24-15-16-9-5-3-6-10-16)21(20(14-17)30(23,27)28)25-18-11-7-4-8-12-18/h3-14,24-25H,2,15H2,1H3,(H2,23,27,28). The minimum absolute atomic E-state index is 0.0926. The van der Waals surface area contributed by atoms with Gasteiger partial charge in [-0.25, -0.2) is 18.4 Å². The number of rotatable bonds is 8. The highest BCUT2D eigenvalue weighted by molar-refractivity contribution is 7.89. The minimum atomic E-state index is -4.14. The van der Waals surface area contributed by atoms with Crippen LogP contribution in [0.25, 0.3) is 0 Å². The van der Waals surface area contributed by atoms with E-state index in [0.29, 0.717) is 17.9 Å². The number of nitrogens with two attached hydrogens (primary N) is 1. The second kappa shape index (κ2) is 9.43. The predicted octanol–water partition coefficient (Wildman–Crippen LogP) is 3.87. The van der Waals surface area contributed by atoms with Gasteiger partial charge in [-0.3, -0.25) is 0 Å². The molecule has 0 fully saturated rings. The molecular weight excluding hydrogens is 402 g/mol. The Morgan fingerprint density at radius 1 is 1.00 bits per heavy atom. The number of nitrogens with one attached hydrogen (secondary N) is 2. The molecule has 30 heavy (non-hydrogen) atoms. The lowest BCUT2D eigenvalue weighted by molar-refractivity contribution is 0.0526. The summed E-state index contributed by atoms with van der Waals surface area (Å²) < 4.78 is 29.8. The van der Waals surface area contributed by atoms with Crippen LogP contribution < -0.4 is 15.8 Å². The molecule has 0 saturated heterocycles. The molecule has 0 radical (unpaired) electrons. The largest absolute Gasteiger partial charge is 0.462 e. The number of sulfonamides is 1. The Labute approximate surface area is 175 Å². The van der Waals surface area contributed by atoms with E-state index in [2.05, 4.69) is 10.6 Å². The van der Waals surface area contributed by atoms with Crippen LogP contribution in [0.4, 0.5) is 17.1 Å². The summed E-state index contributed by atoms with van der Waals surface area (Å²) in [4.78, 5) is 12.1. The third kappa shape index (κ3) is 5.37. The maximum atomic E-state index is 12.4. The topological polar surface area (TPSA) is 111 Å². The summed E-state index contributed by atoms with van der Waals surface area (Å²) in [6.45, 7) is 2.26. The summed E-state index contributed by atoms with van der Waals surface area (Å²) in [6, 6.07) is 21.5. The summed E-state index contributed by atoms with van der Waals surface area (Å²) >= 11 is 0. The van der Waals surface area contributed by atoms with E-state index in [-0.39, 0.29) is 22.8 Å². The number of hydrogen-bond donors (Lipinski definition) is 3. The monoisotopic (exact) mass is 425 g/mol. The summed E-state index contributed by atoms with van der Waals surface area (Å²) in [5.41, 5.74) is 2.43. The van der Waals surface area contributed by atoms with Crippen molar-refractivity contribution in [2.24, 2.45) is 5.14 Å². The van der Waals surface area contributed by atoms with Gasteiger partial charge in [0.25, 0.3) is 0 Å². The number of hydrogen-bond acceptors (Lipinski definition) is 6. The Kier molecular flexibility index (Phi) is 6.71. The SMILES string of the molecule is CCOC(=O)c1cc(NCc2ccccc2)c(Nc2ccccc2)c(S(N)(=O)=O)c1. The molecular formula is C22H23N3O4S. The van der Waals surface area contributed by atoms with Crippen molar-refractivity contribution in [3.8, 4) is 0 Å². The zero-order valence-electron chi connectivity index (χ0n) is 16.5. The van der Waals surface area contributed by atoms with E-state index in [1.807, 2.05) is 48.5 Å². The summed E-state index contributed by atoms with van der Waals surface area (Å²) in [5, 5.41) is 11.8. The van der Waals surface area contributed by atoms with Gasteiger partial charge < -0.3 is 15.4 Å². The highest BCUT2D eigenvalue weighted by Gasteiger charge is 2.22. The summed E-state index contributed by atoms with van der Waals surface area (Å²) in [7, 11) is -4.14. The number of para-hydroxylation sites is 1. The van der Waals surface area contributed by atoms with Gasteiger partial charge in [0.05, 0.1) is 23.5 Å². The first kappa shape index (κ1) is 21.4. The first-order valence-corrected chi connectivity index (χ1v) is 10.9. The lowest BCUT2D eigenvalue weighted by atomic mass is 10.1. The van der Waals surface area contributed by atoms with Crippen molar-refractivity contribution in [3.63, 3.8) is 0 Å². The van der Waals surface area contributed by atoms with Crippen LogP contribution in [0.2, 0.25) is 0 Å². The fraction of sp³-hybridized carbons (Fsp3) is 0.136. The van der Waals surface area contributed by atoms with Crippen LogP contribution in [0.5, 0.6) is 0 Å². The molecule has 0 unspecified atom stereocenters.